The zero-order chi connectivity index (χ0) is 13.9. The molecule has 0 amide bonds. The molecule has 19 heavy (non-hydrogen) atoms. The molecule has 2 N–H and O–H groups in total. The van der Waals surface area contributed by atoms with E-state index in [9.17, 15) is 12.8 Å². The molecule has 0 spiro atoms. The van der Waals surface area contributed by atoms with Crippen LogP contribution in [0.5, 0.6) is 0 Å². The van der Waals surface area contributed by atoms with Crippen molar-refractivity contribution in [2.45, 2.75) is 25.3 Å². The van der Waals surface area contributed by atoms with E-state index in [4.69, 9.17) is 11.6 Å². The first kappa shape index (κ1) is 14.6. The predicted molar refractivity (Wildman–Crippen MR) is 74.5 cm³/mol. The summed E-state index contributed by atoms with van der Waals surface area (Å²) in [7, 11) is -3.52. The molecule has 0 aromatic heterocycles. The molecule has 1 fully saturated rings. The van der Waals surface area contributed by atoms with Gasteiger partial charge >= 0.3 is 0 Å². The van der Waals surface area contributed by atoms with Crippen LogP contribution in [0.3, 0.4) is 0 Å². The molecule has 0 bridgehead atoms. The highest BCUT2D eigenvalue weighted by Gasteiger charge is 2.20. The smallest absolute Gasteiger partial charge is 0.232 e. The minimum Gasteiger partial charge on any atom is -0.314 e. The van der Waals surface area contributed by atoms with Gasteiger partial charge in [0, 0.05) is 11.1 Å². The molecule has 7 heteroatoms. The second-order valence-electron chi connectivity index (χ2n) is 4.63. The summed E-state index contributed by atoms with van der Waals surface area (Å²) in [5.41, 5.74) is -0.0699. The molecule has 0 radical (unpaired) electrons. The van der Waals surface area contributed by atoms with Gasteiger partial charge in [0.1, 0.15) is 5.82 Å². The Morgan fingerprint density at radius 3 is 2.74 bits per heavy atom. The topological polar surface area (TPSA) is 58.2 Å². The molecule has 1 aliphatic rings. The Labute approximate surface area is 117 Å². The minimum absolute atomic E-state index is 0.0329. The number of rotatable bonds is 7. The number of halogens is 2. The van der Waals surface area contributed by atoms with Gasteiger partial charge in [-0.25, -0.2) is 12.8 Å². The van der Waals surface area contributed by atoms with Crippen LogP contribution >= 0.6 is 11.6 Å². The molecule has 1 aromatic carbocycles. The molecule has 106 valence electrons. The lowest BCUT2D eigenvalue weighted by Crippen LogP contribution is -2.23. The first-order valence-electron chi connectivity index (χ1n) is 6.15. The summed E-state index contributed by atoms with van der Waals surface area (Å²) >= 11 is 5.60. The molecular formula is C12H16ClFN2O2S. The maximum absolute atomic E-state index is 13.5. The van der Waals surface area contributed by atoms with Crippen LogP contribution in [0.15, 0.2) is 18.2 Å². The van der Waals surface area contributed by atoms with Crippen molar-refractivity contribution >= 4 is 27.3 Å². The summed E-state index contributed by atoms with van der Waals surface area (Å²) in [6.07, 6.45) is 2.84. The van der Waals surface area contributed by atoms with E-state index in [1.165, 1.54) is 25.0 Å². The minimum atomic E-state index is -3.52. The molecule has 1 saturated carbocycles. The van der Waals surface area contributed by atoms with Crippen LogP contribution < -0.4 is 10.0 Å². The third-order valence-electron chi connectivity index (χ3n) is 2.80. The highest BCUT2D eigenvalue weighted by Crippen LogP contribution is 2.20. The van der Waals surface area contributed by atoms with Gasteiger partial charge in [0.2, 0.25) is 10.0 Å². The average Bonchev–Trinajstić information content (AvgIpc) is 3.12. The van der Waals surface area contributed by atoms with Gasteiger partial charge in [0.15, 0.2) is 0 Å². The Hall–Kier alpha value is -0.850. The summed E-state index contributed by atoms with van der Waals surface area (Å²) in [6, 6.07) is 4.40. The molecular weight excluding hydrogens is 291 g/mol. The molecule has 1 aromatic rings. The van der Waals surface area contributed by atoms with E-state index in [2.05, 4.69) is 10.0 Å². The molecule has 2 rings (SSSR count). The van der Waals surface area contributed by atoms with Gasteiger partial charge in [-0.05, 0) is 44.0 Å². The lowest BCUT2D eigenvalue weighted by Gasteiger charge is -2.09. The monoisotopic (exact) mass is 306 g/mol. The van der Waals surface area contributed by atoms with Crippen molar-refractivity contribution in [3.63, 3.8) is 0 Å². The molecule has 0 saturated heterocycles. The van der Waals surface area contributed by atoms with Gasteiger partial charge in [0.05, 0.1) is 11.4 Å². The zero-order valence-electron chi connectivity index (χ0n) is 10.3. The van der Waals surface area contributed by atoms with Gasteiger partial charge in [0.25, 0.3) is 0 Å². The predicted octanol–water partition coefficient (Wildman–Crippen LogP) is 2.36. The van der Waals surface area contributed by atoms with Crippen LogP contribution in [0.2, 0.25) is 5.02 Å². The van der Waals surface area contributed by atoms with E-state index in [1.807, 2.05) is 0 Å². The first-order chi connectivity index (χ1) is 8.96. The van der Waals surface area contributed by atoms with Crippen LogP contribution in [-0.4, -0.2) is 26.8 Å². The standard InChI is InChI=1S/C12H16ClFN2O2S/c13-9-2-5-12(11(14)8-9)16-19(17,18)7-1-6-15-10-3-4-10/h2,5,8,10,15-16H,1,3-4,6-7H2. The number of anilines is 1. The van der Waals surface area contributed by atoms with Crippen LogP contribution in [0.25, 0.3) is 0 Å². The maximum Gasteiger partial charge on any atom is 0.232 e. The molecule has 1 aliphatic carbocycles. The van der Waals surface area contributed by atoms with Gasteiger partial charge in [-0.15, -0.1) is 0 Å². The number of hydrogen-bond donors (Lipinski definition) is 2. The first-order valence-corrected chi connectivity index (χ1v) is 8.18. The normalized spacial score (nSPS) is 15.5. The van der Waals surface area contributed by atoms with Crippen molar-refractivity contribution in [2.24, 2.45) is 0 Å². The van der Waals surface area contributed by atoms with Crippen molar-refractivity contribution in [1.29, 1.82) is 0 Å². The van der Waals surface area contributed by atoms with E-state index in [-0.39, 0.29) is 16.5 Å². The number of nitrogens with one attached hydrogen (secondary N) is 2. The number of hydrogen-bond acceptors (Lipinski definition) is 3. The van der Waals surface area contributed by atoms with Gasteiger partial charge in [-0.3, -0.25) is 4.72 Å². The summed E-state index contributed by atoms with van der Waals surface area (Å²) in [4.78, 5) is 0. The van der Waals surface area contributed by atoms with Crippen LogP contribution in [-0.2, 0) is 10.0 Å². The number of sulfonamides is 1. The largest absolute Gasteiger partial charge is 0.314 e. The quantitative estimate of drug-likeness (QED) is 0.760. The third-order valence-corrected chi connectivity index (χ3v) is 4.39. The van der Waals surface area contributed by atoms with E-state index in [0.717, 1.165) is 6.07 Å². The Morgan fingerprint density at radius 1 is 1.37 bits per heavy atom. The van der Waals surface area contributed by atoms with Crippen LogP contribution in [0.1, 0.15) is 19.3 Å². The molecule has 0 heterocycles. The van der Waals surface area contributed by atoms with Crippen LogP contribution in [0, 0.1) is 5.82 Å². The van der Waals surface area contributed by atoms with E-state index < -0.39 is 15.8 Å². The van der Waals surface area contributed by atoms with Gasteiger partial charge < -0.3 is 5.32 Å². The van der Waals surface area contributed by atoms with Crippen LogP contribution in [0.4, 0.5) is 10.1 Å². The van der Waals surface area contributed by atoms with E-state index in [0.29, 0.717) is 19.0 Å². The molecule has 0 atom stereocenters. The number of benzene rings is 1. The van der Waals surface area contributed by atoms with Gasteiger partial charge in [-0.2, -0.15) is 0 Å². The maximum atomic E-state index is 13.5. The zero-order valence-corrected chi connectivity index (χ0v) is 11.9. The lowest BCUT2D eigenvalue weighted by molar-refractivity contribution is 0.591. The van der Waals surface area contributed by atoms with E-state index >= 15 is 0 Å². The average molecular weight is 307 g/mol. The molecule has 0 unspecified atom stereocenters. The second-order valence-corrected chi connectivity index (χ2v) is 6.91. The Morgan fingerprint density at radius 2 is 2.11 bits per heavy atom. The molecule has 4 nitrogen and oxygen atoms in total. The van der Waals surface area contributed by atoms with Crippen molar-refractivity contribution in [3.05, 3.63) is 29.0 Å². The summed E-state index contributed by atoms with van der Waals surface area (Å²) in [6.45, 7) is 0.661. The summed E-state index contributed by atoms with van der Waals surface area (Å²) in [5, 5.41) is 3.46. The van der Waals surface area contributed by atoms with E-state index in [1.54, 1.807) is 0 Å². The Kier molecular flexibility index (Phi) is 4.65. The second kappa shape index (κ2) is 6.07. The summed E-state index contributed by atoms with van der Waals surface area (Å²) in [5.74, 6) is -0.707. The third kappa shape index (κ3) is 4.97. The van der Waals surface area contributed by atoms with Crippen molar-refractivity contribution in [2.75, 3.05) is 17.0 Å². The highest BCUT2D eigenvalue weighted by molar-refractivity contribution is 7.92. The Bertz CT molecular complexity index is 547. The fourth-order valence-electron chi connectivity index (χ4n) is 1.65. The van der Waals surface area contributed by atoms with Crippen molar-refractivity contribution in [3.8, 4) is 0 Å². The summed E-state index contributed by atoms with van der Waals surface area (Å²) < 4.78 is 39.2. The van der Waals surface area contributed by atoms with Crippen molar-refractivity contribution in [1.82, 2.24) is 5.32 Å². The van der Waals surface area contributed by atoms with Gasteiger partial charge in [-0.1, -0.05) is 11.6 Å². The van der Waals surface area contributed by atoms with Crippen molar-refractivity contribution < 1.29 is 12.8 Å². The molecule has 0 aliphatic heterocycles. The SMILES string of the molecule is O=S(=O)(CCCNC1CC1)Nc1ccc(Cl)cc1F. The fourth-order valence-corrected chi connectivity index (χ4v) is 2.93. The highest BCUT2D eigenvalue weighted by atomic mass is 35.5. The lowest BCUT2D eigenvalue weighted by atomic mass is 10.3. The Balaban J connectivity index is 1.84. The fraction of sp³-hybridized carbons (Fsp3) is 0.500.